The minimum atomic E-state index is 0.417. The van der Waals surface area contributed by atoms with E-state index in [0.29, 0.717) is 5.92 Å². The molecule has 3 nitrogen and oxygen atoms in total. The average Bonchev–Trinajstić information content (AvgIpc) is 3.15. The minimum absolute atomic E-state index is 0.417. The van der Waals surface area contributed by atoms with Crippen LogP contribution in [0.4, 0.5) is 0 Å². The molecule has 1 aliphatic heterocycles. The molecule has 4 aromatic rings. The van der Waals surface area contributed by atoms with E-state index in [1.54, 1.807) is 6.20 Å². The van der Waals surface area contributed by atoms with Crippen LogP contribution in [0.5, 0.6) is 0 Å². The Morgan fingerprint density at radius 3 is 2.85 bits per heavy atom. The molecule has 0 saturated heterocycles. The van der Waals surface area contributed by atoms with Crippen molar-refractivity contribution >= 4 is 21.4 Å². The van der Waals surface area contributed by atoms with Gasteiger partial charge in [-0.15, -0.1) is 11.3 Å². The molecule has 2 aromatic heterocycles. The molecular weight excluding hydrogens is 338 g/mol. The second kappa shape index (κ2) is 6.31. The summed E-state index contributed by atoms with van der Waals surface area (Å²) in [6, 6.07) is 18.0. The lowest BCUT2D eigenvalue weighted by Gasteiger charge is -2.33. The van der Waals surface area contributed by atoms with Crippen molar-refractivity contribution in [2.75, 3.05) is 13.6 Å². The molecule has 1 aliphatic rings. The molecule has 4 heteroatoms. The van der Waals surface area contributed by atoms with Crippen LogP contribution in [-0.4, -0.2) is 28.7 Å². The molecule has 3 heterocycles. The zero-order chi connectivity index (χ0) is 17.5. The van der Waals surface area contributed by atoms with Crippen LogP contribution < -0.4 is 0 Å². The van der Waals surface area contributed by atoms with Crippen LogP contribution in [0.25, 0.3) is 21.2 Å². The summed E-state index contributed by atoms with van der Waals surface area (Å²) >= 11 is 1.82. The normalized spacial score (nSPS) is 17.3. The molecule has 0 bridgehead atoms. The molecule has 5 rings (SSSR count). The van der Waals surface area contributed by atoms with Crippen LogP contribution in [0.1, 0.15) is 22.6 Å². The smallest absolute Gasteiger partial charge is 0.0574 e. The van der Waals surface area contributed by atoms with E-state index in [0.717, 1.165) is 18.7 Å². The summed E-state index contributed by atoms with van der Waals surface area (Å²) < 4.78 is 1.37. The van der Waals surface area contributed by atoms with Gasteiger partial charge in [-0.1, -0.05) is 24.3 Å². The number of hydrogen-bond donors (Lipinski definition) is 0. The number of benzene rings is 2. The molecule has 0 fully saturated rings. The predicted octanol–water partition coefficient (Wildman–Crippen LogP) is 4.94. The largest absolute Gasteiger partial charge is 0.301 e. The zero-order valence-electron chi connectivity index (χ0n) is 14.6. The summed E-state index contributed by atoms with van der Waals surface area (Å²) in [5, 5.41) is 11.4. The predicted molar refractivity (Wildman–Crippen MR) is 107 cm³/mol. The quantitative estimate of drug-likeness (QED) is 0.509. The van der Waals surface area contributed by atoms with Crippen molar-refractivity contribution in [3.63, 3.8) is 0 Å². The fraction of sp³-hybridized carbons (Fsp3) is 0.182. The van der Waals surface area contributed by atoms with Crippen molar-refractivity contribution in [1.29, 1.82) is 0 Å². The van der Waals surface area contributed by atoms with Gasteiger partial charge in [-0.2, -0.15) is 10.2 Å². The first-order valence-electron chi connectivity index (χ1n) is 8.83. The molecule has 1 atom stereocenters. The van der Waals surface area contributed by atoms with E-state index < -0.39 is 0 Å². The molecule has 0 amide bonds. The lowest BCUT2D eigenvalue weighted by atomic mass is 9.83. The van der Waals surface area contributed by atoms with E-state index in [2.05, 4.69) is 70.0 Å². The minimum Gasteiger partial charge on any atom is -0.301 e. The van der Waals surface area contributed by atoms with Crippen LogP contribution >= 0.6 is 11.3 Å². The van der Waals surface area contributed by atoms with Gasteiger partial charge in [0, 0.05) is 29.3 Å². The lowest BCUT2D eigenvalue weighted by molar-refractivity contribution is 0.295. The summed E-state index contributed by atoms with van der Waals surface area (Å²) in [6.45, 7) is 2.04. The first-order valence-corrected chi connectivity index (χ1v) is 9.71. The van der Waals surface area contributed by atoms with Crippen LogP contribution in [-0.2, 0) is 6.54 Å². The Labute approximate surface area is 156 Å². The molecule has 26 heavy (non-hydrogen) atoms. The Bertz CT molecular complexity index is 1070. The van der Waals surface area contributed by atoms with E-state index >= 15 is 0 Å². The summed E-state index contributed by atoms with van der Waals surface area (Å²) in [7, 11) is 2.21. The second-order valence-corrected chi connectivity index (χ2v) is 7.96. The molecule has 1 unspecified atom stereocenters. The van der Waals surface area contributed by atoms with Crippen LogP contribution in [0.15, 0.2) is 66.3 Å². The topological polar surface area (TPSA) is 29.0 Å². The zero-order valence-corrected chi connectivity index (χ0v) is 15.4. The highest BCUT2D eigenvalue weighted by atomic mass is 32.1. The molecule has 0 radical (unpaired) electrons. The molecular formula is C22H19N3S. The molecule has 0 saturated carbocycles. The van der Waals surface area contributed by atoms with Crippen molar-refractivity contribution in [3.8, 4) is 11.1 Å². The van der Waals surface area contributed by atoms with Crippen molar-refractivity contribution in [1.82, 2.24) is 15.1 Å². The average molecular weight is 357 g/mol. The van der Waals surface area contributed by atoms with E-state index in [-0.39, 0.29) is 0 Å². The van der Waals surface area contributed by atoms with Gasteiger partial charge in [-0.3, -0.25) is 0 Å². The third-order valence-electron chi connectivity index (χ3n) is 5.25. The van der Waals surface area contributed by atoms with Gasteiger partial charge in [-0.05, 0) is 64.3 Å². The Hall–Kier alpha value is -2.56. The van der Waals surface area contributed by atoms with E-state index in [4.69, 9.17) is 0 Å². The standard InChI is InChI=1S/C22H19N3S/c1-25-13-19-10-16(18-6-8-23-24-12-18)4-5-20(19)21(14-25)17-3-2-15-7-9-26-22(15)11-17/h2-12,21H,13-14H2,1H3. The van der Waals surface area contributed by atoms with Gasteiger partial charge < -0.3 is 4.90 Å². The number of fused-ring (bicyclic) bond motifs is 2. The SMILES string of the molecule is CN1Cc2cc(-c3ccnnc3)ccc2C(c2ccc3ccsc3c2)C1. The number of rotatable bonds is 2. The molecule has 0 aliphatic carbocycles. The van der Waals surface area contributed by atoms with Gasteiger partial charge in [-0.25, -0.2) is 0 Å². The number of aromatic nitrogens is 2. The third-order valence-corrected chi connectivity index (χ3v) is 6.13. The summed E-state index contributed by atoms with van der Waals surface area (Å²) in [4.78, 5) is 2.42. The van der Waals surface area contributed by atoms with E-state index in [9.17, 15) is 0 Å². The first-order chi connectivity index (χ1) is 12.8. The van der Waals surface area contributed by atoms with Crippen LogP contribution in [0, 0.1) is 0 Å². The molecule has 2 aromatic carbocycles. The van der Waals surface area contributed by atoms with Crippen molar-refractivity contribution in [2.24, 2.45) is 0 Å². The Balaban J connectivity index is 1.59. The fourth-order valence-corrected chi connectivity index (χ4v) is 4.80. The van der Waals surface area contributed by atoms with Crippen molar-refractivity contribution in [2.45, 2.75) is 12.5 Å². The number of thiophene rings is 1. The van der Waals surface area contributed by atoms with Gasteiger partial charge in [0.25, 0.3) is 0 Å². The van der Waals surface area contributed by atoms with Crippen LogP contribution in [0.3, 0.4) is 0 Å². The highest BCUT2D eigenvalue weighted by Crippen LogP contribution is 2.36. The van der Waals surface area contributed by atoms with Gasteiger partial charge in [0.15, 0.2) is 0 Å². The lowest BCUT2D eigenvalue weighted by Crippen LogP contribution is -2.31. The summed E-state index contributed by atoms with van der Waals surface area (Å²) in [5.41, 5.74) is 6.59. The maximum absolute atomic E-state index is 4.02. The summed E-state index contributed by atoms with van der Waals surface area (Å²) in [6.07, 6.45) is 3.58. The maximum atomic E-state index is 4.02. The highest BCUT2D eigenvalue weighted by Gasteiger charge is 2.25. The van der Waals surface area contributed by atoms with Crippen LogP contribution in [0.2, 0.25) is 0 Å². The molecule has 0 N–H and O–H groups in total. The van der Waals surface area contributed by atoms with Gasteiger partial charge in [0.2, 0.25) is 0 Å². The van der Waals surface area contributed by atoms with E-state index in [1.807, 2.05) is 23.6 Å². The second-order valence-electron chi connectivity index (χ2n) is 7.01. The number of nitrogens with zero attached hydrogens (tertiary/aromatic N) is 3. The van der Waals surface area contributed by atoms with Crippen molar-refractivity contribution < 1.29 is 0 Å². The fourth-order valence-electron chi connectivity index (χ4n) is 3.96. The summed E-state index contributed by atoms with van der Waals surface area (Å²) in [5.74, 6) is 0.417. The third kappa shape index (κ3) is 2.71. The Morgan fingerprint density at radius 2 is 1.96 bits per heavy atom. The van der Waals surface area contributed by atoms with E-state index in [1.165, 1.54) is 32.3 Å². The maximum Gasteiger partial charge on any atom is 0.0574 e. The first kappa shape index (κ1) is 15.7. The van der Waals surface area contributed by atoms with Crippen molar-refractivity contribution in [3.05, 3.63) is 83.0 Å². The number of hydrogen-bond acceptors (Lipinski definition) is 4. The Kier molecular flexibility index (Phi) is 3.80. The Morgan fingerprint density at radius 1 is 1.00 bits per heavy atom. The molecule has 128 valence electrons. The molecule has 0 spiro atoms. The monoisotopic (exact) mass is 357 g/mol. The van der Waals surface area contributed by atoms with Gasteiger partial charge in [0.1, 0.15) is 0 Å². The van der Waals surface area contributed by atoms with Gasteiger partial charge >= 0.3 is 0 Å². The highest BCUT2D eigenvalue weighted by molar-refractivity contribution is 7.17. The number of likely N-dealkylation sites (N-methyl/N-ethyl adjacent to an activating group) is 1. The van der Waals surface area contributed by atoms with Gasteiger partial charge in [0.05, 0.1) is 12.4 Å².